The van der Waals surface area contributed by atoms with Crippen LogP contribution in [-0.4, -0.2) is 14.9 Å². The van der Waals surface area contributed by atoms with E-state index in [1.54, 1.807) is 0 Å². The van der Waals surface area contributed by atoms with Gasteiger partial charge >= 0.3 is 0 Å². The lowest BCUT2D eigenvalue weighted by molar-refractivity contribution is 0.292. The van der Waals surface area contributed by atoms with Gasteiger partial charge in [-0.15, -0.1) is 0 Å². The molecule has 0 saturated heterocycles. The third-order valence-corrected chi connectivity index (χ3v) is 8.42. The van der Waals surface area contributed by atoms with Crippen molar-refractivity contribution in [2.24, 2.45) is 0 Å². The Morgan fingerprint density at radius 2 is 0.778 bits per heavy atom. The average Bonchev–Trinajstić information content (AvgIpc) is 2.65. The number of unbranched alkanes of at least 4 members (excludes halogenated alkanes) is 17. The van der Waals surface area contributed by atoms with Gasteiger partial charge < -0.3 is 4.43 Å². The molecule has 0 rings (SSSR count). The third kappa shape index (κ3) is 22.3. The highest BCUT2D eigenvalue weighted by molar-refractivity contribution is 6.71. The molecular weight excluding hydrogens is 344 g/mol. The minimum absolute atomic E-state index is 1.02. The molecule has 0 saturated carbocycles. The summed E-state index contributed by atoms with van der Waals surface area (Å²) in [6.07, 6.45) is 27.0. The maximum absolute atomic E-state index is 6.30. The summed E-state index contributed by atoms with van der Waals surface area (Å²) in [6, 6.07) is 1.36. The second kappa shape index (κ2) is 20.9. The fraction of sp³-hybridized carbons (Fsp3) is 1.00. The van der Waals surface area contributed by atoms with Gasteiger partial charge in [0.1, 0.15) is 0 Å². The fourth-order valence-electron chi connectivity index (χ4n) is 3.87. The average molecular weight is 399 g/mol. The molecule has 0 heterocycles. The van der Waals surface area contributed by atoms with Gasteiger partial charge in [0.15, 0.2) is 8.32 Å². The summed E-state index contributed by atoms with van der Waals surface area (Å²) in [4.78, 5) is 0. The van der Waals surface area contributed by atoms with Crippen molar-refractivity contribution in [1.82, 2.24) is 0 Å². The number of rotatable bonds is 22. The van der Waals surface area contributed by atoms with Crippen molar-refractivity contribution in [3.8, 4) is 0 Å². The number of hydrogen-bond donors (Lipinski definition) is 0. The molecule has 0 N–H and O–H groups in total. The summed E-state index contributed by atoms with van der Waals surface area (Å²) in [5.41, 5.74) is 0. The van der Waals surface area contributed by atoms with Crippen LogP contribution in [0.4, 0.5) is 0 Å². The summed E-state index contributed by atoms with van der Waals surface area (Å²) in [5.74, 6) is 0. The SMILES string of the molecule is CCCCCCCCCCCCCCCO[Si](C)(C)CCCCCCCC. The molecule has 2 heteroatoms. The van der Waals surface area contributed by atoms with Crippen LogP contribution in [-0.2, 0) is 4.43 Å². The van der Waals surface area contributed by atoms with E-state index < -0.39 is 8.32 Å². The minimum atomic E-state index is -1.37. The molecule has 0 aromatic carbocycles. The monoisotopic (exact) mass is 398 g/mol. The molecule has 0 aliphatic carbocycles. The first-order valence-electron chi connectivity index (χ1n) is 12.8. The van der Waals surface area contributed by atoms with Crippen LogP contribution in [0.5, 0.6) is 0 Å². The van der Waals surface area contributed by atoms with Crippen molar-refractivity contribution in [2.45, 2.75) is 155 Å². The molecule has 164 valence electrons. The Labute approximate surface area is 174 Å². The van der Waals surface area contributed by atoms with Crippen molar-refractivity contribution < 1.29 is 4.43 Å². The van der Waals surface area contributed by atoms with Gasteiger partial charge in [0.05, 0.1) is 0 Å². The fourth-order valence-corrected chi connectivity index (χ4v) is 5.81. The molecule has 0 spiro atoms. The molecule has 1 nitrogen and oxygen atoms in total. The van der Waals surface area contributed by atoms with Gasteiger partial charge in [-0.2, -0.15) is 0 Å². The van der Waals surface area contributed by atoms with Crippen LogP contribution in [0.15, 0.2) is 0 Å². The minimum Gasteiger partial charge on any atom is -0.417 e. The largest absolute Gasteiger partial charge is 0.417 e. The smallest absolute Gasteiger partial charge is 0.186 e. The quantitative estimate of drug-likeness (QED) is 0.130. The van der Waals surface area contributed by atoms with Gasteiger partial charge in [-0.05, 0) is 25.6 Å². The van der Waals surface area contributed by atoms with E-state index >= 15 is 0 Å². The molecular formula is C25H54OSi. The molecule has 0 aromatic rings. The van der Waals surface area contributed by atoms with Crippen molar-refractivity contribution >= 4 is 8.32 Å². The van der Waals surface area contributed by atoms with Crippen LogP contribution in [0.3, 0.4) is 0 Å². The predicted octanol–water partition coefficient (Wildman–Crippen LogP) is 9.66. The Bertz CT molecular complexity index is 277. The lowest BCUT2D eigenvalue weighted by Gasteiger charge is -2.22. The maximum atomic E-state index is 6.30. The van der Waals surface area contributed by atoms with Crippen molar-refractivity contribution in [1.29, 1.82) is 0 Å². The molecule has 0 unspecified atom stereocenters. The lowest BCUT2D eigenvalue weighted by Crippen LogP contribution is -2.30. The standard InChI is InChI=1S/C25H54OSi/c1-5-7-9-11-13-14-15-16-17-18-19-20-22-24-26-27(3,4)25-23-21-12-10-8-6-2/h5-25H2,1-4H3. The third-order valence-electron chi connectivity index (χ3n) is 5.87. The molecule has 0 amide bonds. The highest BCUT2D eigenvalue weighted by atomic mass is 28.4. The normalized spacial score (nSPS) is 12.0. The van der Waals surface area contributed by atoms with Crippen molar-refractivity contribution in [2.75, 3.05) is 6.61 Å². The summed E-state index contributed by atoms with van der Waals surface area (Å²) in [5, 5.41) is 0. The first-order chi connectivity index (χ1) is 13.1. The molecule has 0 radical (unpaired) electrons. The van der Waals surface area contributed by atoms with Crippen LogP contribution in [0, 0.1) is 0 Å². The summed E-state index contributed by atoms with van der Waals surface area (Å²) >= 11 is 0. The molecule has 0 bridgehead atoms. The highest BCUT2D eigenvalue weighted by Crippen LogP contribution is 2.18. The molecule has 27 heavy (non-hydrogen) atoms. The second-order valence-corrected chi connectivity index (χ2v) is 13.7. The van der Waals surface area contributed by atoms with Crippen LogP contribution in [0.25, 0.3) is 0 Å². The zero-order valence-corrected chi connectivity index (χ0v) is 20.8. The van der Waals surface area contributed by atoms with Gasteiger partial charge in [0.25, 0.3) is 0 Å². The predicted molar refractivity (Wildman–Crippen MR) is 127 cm³/mol. The molecule has 0 fully saturated rings. The lowest BCUT2D eigenvalue weighted by atomic mass is 10.0. The summed E-state index contributed by atoms with van der Waals surface area (Å²) in [6.45, 7) is 10.4. The van der Waals surface area contributed by atoms with Crippen LogP contribution in [0.1, 0.15) is 136 Å². The van der Waals surface area contributed by atoms with Gasteiger partial charge in [-0.3, -0.25) is 0 Å². The van der Waals surface area contributed by atoms with E-state index in [1.807, 2.05) is 0 Å². The second-order valence-electron chi connectivity index (χ2n) is 9.37. The van der Waals surface area contributed by atoms with Crippen molar-refractivity contribution in [3.05, 3.63) is 0 Å². The Morgan fingerprint density at radius 3 is 1.19 bits per heavy atom. The molecule has 0 aliphatic heterocycles. The summed E-state index contributed by atoms with van der Waals surface area (Å²) in [7, 11) is -1.37. The highest BCUT2D eigenvalue weighted by Gasteiger charge is 2.21. The Hall–Kier alpha value is 0.177. The van der Waals surface area contributed by atoms with Crippen LogP contribution >= 0.6 is 0 Å². The van der Waals surface area contributed by atoms with E-state index in [9.17, 15) is 0 Å². The van der Waals surface area contributed by atoms with Crippen LogP contribution < -0.4 is 0 Å². The Morgan fingerprint density at radius 1 is 0.444 bits per heavy atom. The zero-order chi connectivity index (χ0) is 20.1. The van der Waals surface area contributed by atoms with E-state index in [0.29, 0.717) is 0 Å². The van der Waals surface area contributed by atoms with Gasteiger partial charge in [-0.1, -0.05) is 129 Å². The first-order valence-corrected chi connectivity index (χ1v) is 15.9. The molecule has 0 aromatic heterocycles. The zero-order valence-electron chi connectivity index (χ0n) is 19.8. The van der Waals surface area contributed by atoms with Gasteiger partial charge in [-0.25, -0.2) is 0 Å². The van der Waals surface area contributed by atoms with E-state index in [1.165, 1.54) is 128 Å². The topological polar surface area (TPSA) is 9.23 Å². The Kier molecular flexibility index (Phi) is 21.0. The summed E-state index contributed by atoms with van der Waals surface area (Å²) < 4.78 is 6.30. The van der Waals surface area contributed by atoms with E-state index in [-0.39, 0.29) is 0 Å². The molecule has 0 aliphatic rings. The van der Waals surface area contributed by atoms with Gasteiger partial charge in [0, 0.05) is 6.61 Å². The van der Waals surface area contributed by atoms with E-state index in [0.717, 1.165) is 6.61 Å². The van der Waals surface area contributed by atoms with Crippen LogP contribution in [0.2, 0.25) is 19.1 Å². The van der Waals surface area contributed by atoms with E-state index in [2.05, 4.69) is 26.9 Å². The first kappa shape index (κ1) is 27.2. The number of hydrogen-bond acceptors (Lipinski definition) is 1. The maximum Gasteiger partial charge on any atom is 0.186 e. The molecule has 0 atom stereocenters. The van der Waals surface area contributed by atoms with Gasteiger partial charge in [0.2, 0.25) is 0 Å². The van der Waals surface area contributed by atoms with Crippen molar-refractivity contribution in [3.63, 3.8) is 0 Å². The van der Waals surface area contributed by atoms with E-state index in [4.69, 9.17) is 4.43 Å². The Balaban J connectivity index is 3.26.